The van der Waals surface area contributed by atoms with Gasteiger partial charge in [0.2, 0.25) is 0 Å². The number of fused-ring (bicyclic) bond motifs is 1. The van der Waals surface area contributed by atoms with Gasteiger partial charge in [-0.2, -0.15) is 4.52 Å². The van der Waals surface area contributed by atoms with E-state index < -0.39 is 11.9 Å². The maximum absolute atomic E-state index is 11.6. The third kappa shape index (κ3) is 1.89. The third-order valence-electron chi connectivity index (χ3n) is 1.88. The van der Waals surface area contributed by atoms with Crippen LogP contribution in [0, 0.1) is 0 Å². The summed E-state index contributed by atoms with van der Waals surface area (Å²) in [5, 5.41) is 19.1. The van der Waals surface area contributed by atoms with E-state index >= 15 is 0 Å². The number of hydrogen-bond donors (Lipinski definition) is 1. The van der Waals surface area contributed by atoms with Gasteiger partial charge < -0.3 is 9.84 Å². The van der Waals surface area contributed by atoms with Crippen LogP contribution in [0.1, 0.15) is 27.9 Å². The molecule has 2 aromatic rings. The fourth-order valence-corrected chi connectivity index (χ4v) is 1.20. The SMILES string of the molecule is CCOC(=O)c1cc(C(=O)O)nc2nnnn12. The number of hydrogen-bond acceptors (Lipinski definition) is 7. The molecule has 0 aromatic carbocycles. The van der Waals surface area contributed by atoms with Crippen LogP contribution in [-0.4, -0.2) is 48.7 Å². The molecule has 17 heavy (non-hydrogen) atoms. The molecule has 0 amide bonds. The van der Waals surface area contributed by atoms with Crippen LogP contribution in [0.3, 0.4) is 0 Å². The summed E-state index contributed by atoms with van der Waals surface area (Å²) >= 11 is 0. The standard InChI is InChI=1S/C8H7N5O4/c1-2-17-7(16)5-3-4(6(14)15)9-8-10-11-12-13(5)8/h3H,2H2,1H3,(H,14,15). The molecule has 2 rings (SSSR count). The van der Waals surface area contributed by atoms with Gasteiger partial charge in [-0.3, -0.25) is 0 Å². The molecular weight excluding hydrogens is 230 g/mol. The molecule has 0 saturated heterocycles. The first-order valence-corrected chi connectivity index (χ1v) is 4.63. The van der Waals surface area contributed by atoms with Crippen LogP contribution in [0.15, 0.2) is 6.07 Å². The molecular formula is C8H7N5O4. The van der Waals surface area contributed by atoms with Crippen LogP contribution < -0.4 is 0 Å². The molecule has 0 spiro atoms. The fourth-order valence-electron chi connectivity index (χ4n) is 1.20. The molecule has 0 aliphatic heterocycles. The molecule has 0 saturated carbocycles. The van der Waals surface area contributed by atoms with Gasteiger partial charge in [0.1, 0.15) is 0 Å². The third-order valence-corrected chi connectivity index (χ3v) is 1.88. The van der Waals surface area contributed by atoms with Crippen molar-refractivity contribution in [1.29, 1.82) is 0 Å². The van der Waals surface area contributed by atoms with E-state index in [4.69, 9.17) is 9.84 Å². The number of aromatic carboxylic acids is 1. The Morgan fingerprint density at radius 2 is 2.29 bits per heavy atom. The van der Waals surface area contributed by atoms with Crippen molar-refractivity contribution >= 4 is 17.7 Å². The van der Waals surface area contributed by atoms with Gasteiger partial charge in [0.25, 0.3) is 5.78 Å². The summed E-state index contributed by atoms with van der Waals surface area (Å²) in [6.07, 6.45) is 0. The van der Waals surface area contributed by atoms with Crippen LogP contribution in [0.4, 0.5) is 0 Å². The van der Waals surface area contributed by atoms with Gasteiger partial charge in [-0.25, -0.2) is 14.6 Å². The van der Waals surface area contributed by atoms with Gasteiger partial charge in [0.05, 0.1) is 6.61 Å². The lowest BCUT2D eigenvalue weighted by atomic mass is 10.3. The summed E-state index contributed by atoms with van der Waals surface area (Å²) in [5.41, 5.74) is -0.408. The highest BCUT2D eigenvalue weighted by atomic mass is 16.5. The number of carboxylic acids is 1. The summed E-state index contributed by atoms with van der Waals surface area (Å²) in [5.74, 6) is -2.07. The van der Waals surface area contributed by atoms with Crippen LogP contribution in [0.2, 0.25) is 0 Å². The van der Waals surface area contributed by atoms with Gasteiger partial charge in [-0.15, -0.1) is 0 Å². The smallest absolute Gasteiger partial charge is 0.357 e. The number of aromatic nitrogens is 5. The number of tetrazole rings is 1. The topological polar surface area (TPSA) is 120 Å². The molecule has 0 bridgehead atoms. The number of carbonyl (C=O) groups excluding carboxylic acids is 1. The lowest BCUT2D eigenvalue weighted by Gasteiger charge is -2.03. The summed E-state index contributed by atoms with van der Waals surface area (Å²) < 4.78 is 5.78. The summed E-state index contributed by atoms with van der Waals surface area (Å²) in [6, 6.07) is 1.06. The van der Waals surface area contributed by atoms with E-state index in [9.17, 15) is 9.59 Å². The Morgan fingerprint density at radius 1 is 1.53 bits per heavy atom. The van der Waals surface area contributed by atoms with Crippen LogP contribution in [0.25, 0.3) is 5.78 Å². The number of rotatable bonds is 3. The molecule has 0 unspecified atom stereocenters. The Kier molecular flexibility index (Phi) is 2.65. The molecule has 0 radical (unpaired) electrons. The quantitative estimate of drug-likeness (QED) is 0.702. The number of esters is 1. The van der Waals surface area contributed by atoms with E-state index in [1.54, 1.807) is 6.92 Å². The van der Waals surface area contributed by atoms with Gasteiger partial charge in [-0.05, 0) is 17.4 Å². The molecule has 9 heteroatoms. The molecule has 88 valence electrons. The summed E-state index contributed by atoms with van der Waals surface area (Å²) in [4.78, 5) is 26.0. The minimum atomic E-state index is -1.28. The Hall–Kier alpha value is -2.58. The highest BCUT2D eigenvalue weighted by Crippen LogP contribution is 2.06. The molecule has 9 nitrogen and oxygen atoms in total. The van der Waals surface area contributed by atoms with Gasteiger partial charge >= 0.3 is 11.9 Å². The Labute approximate surface area is 94.0 Å². The zero-order chi connectivity index (χ0) is 12.4. The van der Waals surface area contributed by atoms with Crippen molar-refractivity contribution in [2.45, 2.75) is 6.92 Å². The van der Waals surface area contributed by atoms with E-state index in [0.29, 0.717) is 0 Å². The highest BCUT2D eigenvalue weighted by Gasteiger charge is 2.18. The Bertz CT molecular complexity index is 593. The predicted molar refractivity (Wildman–Crippen MR) is 51.5 cm³/mol. The maximum atomic E-state index is 11.6. The fraction of sp³-hybridized carbons (Fsp3) is 0.250. The van der Waals surface area contributed by atoms with E-state index in [2.05, 4.69) is 20.5 Å². The lowest BCUT2D eigenvalue weighted by molar-refractivity contribution is 0.0515. The second-order valence-corrected chi connectivity index (χ2v) is 2.94. The largest absolute Gasteiger partial charge is 0.477 e. The number of carboxylic acid groups (broad SMARTS) is 1. The van der Waals surface area contributed by atoms with Crippen molar-refractivity contribution in [2.24, 2.45) is 0 Å². The van der Waals surface area contributed by atoms with Crippen molar-refractivity contribution in [3.05, 3.63) is 17.5 Å². The summed E-state index contributed by atoms with van der Waals surface area (Å²) in [7, 11) is 0. The zero-order valence-electron chi connectivity index (χ0n) is 8.69. The minimum absolute atomic E-state index is 0.0760. The second-order valence-electron chi connectivity index (χ2n) is 2.94. The molecule has 0 fully saturated rings. The van der Waals surface area contributed by atoms with Gasteiger partial charge in [0.15, 0.2) is 11.4 Å². The van der Waals surface area contributed by atoms with Crippen LogP contribution in [0.5, 0.6) is 0 Å². The average molecular weight is 237 g/mol. The zero-order valence-corrected chi connectivity index (χ0v) is 8.69. The minimum Gasteiger partial charge on any atom is -0.477 e. The van der Waals surface area contributed by atoms with E-state index in [1.807, 2.05) is 0 Å². The number of carbonyl (C=O) groups is 2. The first-order chi connectivity index (χ1) is 8.13. The number of ether oxygens (including phenoxy) is 1. The Morgan fingerprint density at radius 3 is 2.94 bits per heavy atom. The van der Waals surface area contributed by atoms with E-state index in [-0.39, 0.29) is 23.8 Å². The van der Waals surface area contributed by atoms with Crippen molar-refractivity contribution < 1.29 is 19.4 Å². The van der Waals surface area contributed by atoms with E-state index in [0.717, 1.165) is 10.6 Å². The lowest BCUT2D eigenvalue weighted by Crippen LogP contribution is -2.14. The maximum Gasteiger partial charge on any atom is 0.357 e. The molecule has 1 N–H and O–H groups in total. The van der Waals surface area contributed by atoms with E-state index in [1.165, 1.54) is 0 Å². The van der Waals surface area contributed by atoms with Crippen LogP contribution >= 0.6 is 0 Å². The summed E-state index contributed by atoms with van der Waals surface area (Å²) in [6.45, 7) is 1.79. The average Bonchev–Trinajstić information content (AvgIpc) is 2.75. The van der Waals surface area contributed by atoms with Crippen molar-refractivity contribution in [3.8, 4) is 0 Å². The van der Waals surface area contributed by atoms with Gasteiger partial charge in [0, 0.05) is 6.07 Å². The Balaban J connectivity index is 2.62. The van der Waals surface area contributed by atoms with Crippen molar-refractivity contribution in [3.63, 3.8) is 0 Å². The highest BCUT2D eigenvalue weighted by molar-refractivity contribution is 5.92. The molecule has 0 aliphatic carbocycles. The molecule has 2 heterocycles. The molecule has 0 aliphatic rings. The normalized spacial score (nSPS) is 10.4. The van der Waals surface area contributed by atoms with Crippen molar-refractivity contribution in [2.75, 3.05) is 6.61 Å². The van der Waals surface area contributed by atoms with Crippen LogP contribution in [-0.2, 0) is 4.74 Å². The van der Waals surface area contributed by atoms with Gasteiger partial charge in [-0.1, -0.05) is 5.10 Å². The number of nitrogens with zero attached hydrogens (tertiary/aromatic N) is 5. The molecule has 2 aromatic heterocycles. The first-order valence-electron chi connectivity index (χ1n) is 4.63. The van der Waals surface area contributed by atoms with Crippen molar-refractivity contribution in [1.82, 2.24) is 25.0 Å². The second kappa shape index (κ2) is 4.12. The monoisotopic (exact) mass is 237 g/mol. The molecule has 0 atom stereocenters. The predicted octanol–water partition coefficient (Wildman–Crippen LogP) is -0.606. The first kappa shape index (κ1) is 10.9.